The number of aromatic amines is 1. The Morgan fingerprint density at radius 3 is 2.50 bits per heavy atom. The number of H-pyrrole nitrogens is 1. The van der Waals surface area contributed by atoms with Gasteiger partial charge in [0, 0.05) is 11.8 Å². The summed E-state index contributed by atoms with van der Waals surface area (Å²) in [6.07, 6.45) is 0. The molecule has 0 bridgehead atoms. The van der Waals surface area contributed by atoms with Crippen LogP contribution in [0, 0.1) is 0 Å². The Bertz CT molecular complexity index is 514. The van der Waals surface area contributed by atoms with E-state index in [4.69, 9.17) is 4.74 Å². The van der Waals surface area contributed by atoms with Gasteiger partial charge in [-0.25, -0.2) is 0 Å². The van der Waals surface area contributed by atoms with Crippen LogP contribution >= 0.6 is 0 Å². The van der Waals surface area contributed by atoms with E-state index in [9.17, 15) is 4.79 Å². The summed E-state index contributed by atoms with van der Waals surface area (Å²) in [5, 5.41) is 0. The summed E-state index contributed by atoms with van der Waals surface area (Å²) in [7, 11) is 0. The highest BCUT2D eigenvalue weighted by atomic mass is 16.5. The summed E-state index contributed by atoms with van der Waals surface area (Å²) in [6.45, 7) is 2.60. The fraction of sp³-hybridized carbons (Fsp3) is 0.154. The van der Waals surface area contributed by atoms with Crippen LogP contribution < -0.4 is 10.3 Å². The van der Waals surface area contributed by atoms with Gasteiger partial charge in [-0.15, -0.1) is 0 Å². The molecule has 1 heterocycles. The SMILES string of the molecule is CCOc1ccc(-c2cccc(=O)[nH]2)cc1. The van der Waals surface area contributed by atoms with E-state index in [-0.39, 0.29) is 5.56 Å². The van der Waals surface area contributed by atoms with Crippen molar-refractivity contribution in [2.75, 3.05) is 6.61 Å². The Morgan fingerprint density at radius 2 is 1.88 bits per heavy atom. The molecule has 1 aromatic carbocycles. The quantitative estimate of drug-likeness (QED) is 0.854. The van der Waals surface area contributed by atoms with Crippen LogP contribution in [0.2, 0.25) is 0 Å². The largest absolute Gasteiger partial charge is 0.494 e. The molecule has 3 nitrogen and oxygen atoms in total. The van der Waals surface area contributed by atoms with Gasteiger partial charge in [0.25, 0.3) is 0 Å². The number of hydrogen-bond acceptors (Lipinski definition) is 2. The predicted octanol–water partition coefficient (Wildman–Crippen LogP) is 2.44. The van der Waals surface area contributed by atoms with E-state index in [1.54, 1.807) is 6.07 Å². The highest BCUT2D eigenvalue weighted by Gasteiger charge is 1.98. The van der Waals surface area contributed by atoms with E-state index in [0.29, 0.717) is 6.61 Å². The third-order valence-electron chi connectivity index (χ3n) is 2.24. The Morgan fingerprint density at radius 1 is 1.12 bits per heavy atom. The topological polar surface area (TPSA) is 42.1 Å². The predicted molar refractivity (Wildman–Crippen MR) is 63.7 cm³/mol. The smallest absolute Gasteiger partial charge is 0.248 e. The summed E-state index contributed by atoms with van der Waals surface area (Å²) in [5.74, 6) is 0.838. The van der Waals surface area contributed by atoms with Gasteiger partial charge in [0.05, 0.1) is 6.61 Å². The Labute approximate surface area is 93.7 Å². The highest BCUT2D eigenvalue weighted by molar-refractivity contribution is 5.59. The number of rotatable bonds is 3. The van der Waals surface area contributed by atoms with Crippen LogP contribution in [0.1, 0.15) is 6.92 Å². The van der Waals surface area contributed by atoms with Crippen molar-refractivity contribution >= 4 is 0 Å². The third-order valence-corrected chi connectivity index (χ3v) is 2.24. The average Bonchev–Trinajstić information content (AvgIpc) is 2.30. The van der Waals surface area contributed by atoms with Gasteiger partial charge in [-0.3, -0.25) is 4.79 Å². The number of pyridine rings is 1. The molecule has 16 heavy (non-hydrogen) atoms. The van der Waals surface area contributed by atoms with Gasteiger partial charge < -0.3 is 9.72 Å². The summed E-state index contributed by atoms with van der Waals surface area (Å²) in [6, 6.07) is 12.8. The van der Waals surface area contributed by atoms with E-state index in [2.05, 4.69) is 4.98 Å². The van der Waals surface area contributed by atoms with Crippen LogP contribution in [0.25, 0.3) is 11.3 Å². The maximum absolute atomic E-state index is 11.2. The average molecular weight is 215 g/mol. The maximum Gasteiger partial charge on any atom is 0.248 e. The van der Waals surface area contributed by atoms with Crippen LogP contribution in [-0.2, 0) is 0 Å². The molecule has 0 fully saturated rings. The molecule has 1 aromatic heterocycles. The summed E-state index contributed by atoms with van der Waals surface area (Å²) >= 11 is 0. The van der Waals surface area contributed by atoms with Crippen molar-refractivity contribution in [3.63, 3.8) is 0 Å². The zero-order valence-corrected chi connectivity index (χ0v) is 9.07. The lowest BCUT2D eigenvalue weighted by atomic mass is 10.1. The standard InChI is InChI=1S/C13H13NO2/c1-2-16-11-8-6-10(7-9-11)12-4-3-5-13(15)14-12/h3-9H,2H2,1H3,(H,14,15). The summed E-state index contributed by atoms with van der Waals surface area (Å²) in [4.78, 5) is 13.9. The van der Waals surface area contributed by atoms with E-state index in [1.165, 1.54) is 6.07 Å². The molecular weight excluding hydrogens is 202 g/mol. The molecule has 0 amide bonds. The highest BCUT2D eigenvalue weighted by Crippen LogP contribution is 2.19. The van der Waals surface area contributed by atoms with E-state index < -0.39 is 0 Å². The van der Waals surface area contributed by atoms with Gasteiger partial charge in [0.1, 0.15) is 5.75 Å². The molecule has 2 aromatic rings. The molecule has 0 spiro atoms. The lowest BCUT2D eigenvalue weighted by Crippen LogP contribution is -2.03. The van der Waals surface area contributed by atoms with Gasteiger partial charge in [-0.1, -0.05) is 6.07 Å². The number of ether oxygens (including phenoxy) is 1. The van der Waals surface area contributed by atoms with Crippen LogP contribution in [0.3, 0.4) is 0 Å². The van der Waals surface area contributed by atoms with E-state index in [1.807, 2.05) is 37.3 Å². The summed E-state index contributed by atoms with van der Waals surface area (Å²) < 4.78 is 5.35. The van der Waals surface area contributed by atoms with Gasteiger partial charge in [0.2, 0.25) is 5.56 Å². The molecule has 1 N–H and O–H groups in total. The first-order valence-electron chi connectivity index (χ1n) is 5.22. The van der Waals surface area contributed by atoms with Gasteiger partial charge in [-0.2, -0.15) is 0 Å². The number of aromatic nitrogens is 1. The molecule has 0 unspecified atom stereocenters. The van der Waals surface area contributed by atoms with Crippen molar-refractivity contribution in [2.24, 2.45) is 0 Å². The molecule has 0 saturated heterocycles. The van der Waals surface area contributed by atoms with Crippen molar-refractivity contribution < 1.29 is 4.74 Å². The van der Waals surface area contributed by atoms with Crippen molar-refractivity contribution in [2.45, 2.75) is 6.92 Å². The minimum atomic E-state index is -0.0913. The lowest BCUT2D eigenvalue weighted by molar-refractivity contribution is 0.340. The molecule has 0 aliphatic rings. The van der Waals surface area contributed by atoms with Crippen molar-refractivity contribution in [3.05, 3.63) is 52.8 Å². The van der Waals surface area contributed by atoms with Gasteiger partial charge in [0.15, 0.2) is 0 Å². The second kappa shape index (κ2) is 4.66. The Hall–Kier alpha value is -2.03. The molecule has 82 valence electrons. The minimum Gasteiger partial charge on any atom is -0.494 e. The van der Waals surface area contributed by atoms with Crippen LogP contribution in [-0.4, -0.2) is 11.6 Å². The fourth-order valence-corrected chi connectivity index (χ4v) is 1.51. The molecule has 0 atom stereocenters. The molecule has 0 radical (unpaired) electrons. The lowest BCUT2D eigenvalue weighted by Gasteiger charge is -2.04. The third kappa shape index (κ3) is 2.31. The van der Waals surface area contributed by atoms with Crippen molar-refractivity contribution in [1.29, 1.82) is 0 Å². The molecule has 2 rings (SSSR count). The number of nitrogens with one attached hydrogen (secondary N) is 1. The summed E-state index contributed by atoms with van der Waals surface area (Å²) in [5.41, 5.74) is 1.70. The first kappa shape index (κ1) is 10.5. The first-order valence-corrected chi connectivity index (χ1v) is 5.22. The maximum atomic E-state index is 11.2. The normalized spacial score (nSPS) is 10.1. The van der Waals surface area contributed by atoms with Gasteiger partial charge >= 0.3 is 0 Å². The molecular formula is C13H13NO2. The van der Waals surface area contributed by atoms with E-state index in [0.717, 1.165) is 17.0 Å². The molecule has 0 aliphatic heterocycles. The molecule has 0 aliphatic carbocycles. The Balaban J connectivity index is 2.31. The van der Waals surface area contributed by atoms with Crippen LogP contribution in [0.5, 0.6) is 5.75 Å². The van der Waals surface area contributed by atoms with E-state index >= 15 is 0 Å². The van der Waals surface area contributed by atoms with Gasteiger partial charge in [-0.05, 0) is 42.8 Å². The molecule has 0 saturated carbocycles. The van der Waals surface area contributed by atoms with Crippen LogP contribution in [0.15, 0.2) is 47.3 Å². The van der Waals surface area contributed by atoms with Crippen molar-refractivity contribution in [3.8, 4) is 17.0 Å². The minimum absolute atomic E-state index is 0.0913. The zero-order valence-electron chi connectivity index (χ0n) is 9.07. The number of hydrogen-bond donors (Lipinski definition) is 1. The number of benzene rings is 1. The Kier molecular flexibility index (Phi) is 3.05. The second-order valence-electron chi connectivity index (χ2n) is 3.39. The van der Waals surface area contributed by atoms with Crippen LogP contribution in [0.4, 0.5) is 0 Å². The first-order chi connectivity index (χ1) is 7.79. The monoisotopic (exact) mass is 215 g/mol. The van der Waals surface area contributed by atoms with Crippen molar-refractivity contribution in [1.82, 2.24) is 4.98 Å². The molecule has 3 heteroatoms. The second-order valence-corrected chi connectivity index (χ2v) is 3.39. The zero-order chi connectivity index (χ0) is 11.4. The fourth-order valence-electron chi connectivity index (χ4n) is 1.51.